The van der Waals surface area contributed by atoms with E-state index in [1.165, 1.54) is 24.8 Å². The molecule has 0 saturated heterocycles. The topological polar surface area (TPSA) is 26.3 Å². The SMILES string of the molecule is CCCCCc1ccc(C(C)=O)cc1OC. The van der Waals surface area contributed by atoms with Gasteiger partial charge in [0.05, 0.1) is 7.11 Å². The maximum absolute atomic E-state index is 11.2. The van der Waals surface area contributed by atoms with Crippen LogP contribution in [-0.4, -0.2) is 12.9 Å². The van der Waals surface area contributed by atoms with Gasteiger partial charge in [0.2, 0.25) is 0 Å². The fourth-order valence-electron chi connectivity index (χ4n) is 1.74. The van der Waals surface area contributed by atoms with E-state index in [0.29, 0.717) is 0 Å². The highest BCUT2D eigenvalue weighted by Gasteiger charge is 2.06. The molecule has 0 fully saturated rings. The first-order valence-electron chi connectivity index (χ1n) is 5.87. The van der Waals surface area contributed by atoms with Crippen molar-refractivity contribution in [1.82, 2.24) is 0 Å². The second kappa shape index (κ2) is 6.31. The molecule has 0 heterocycles. The molecule has 0 bridgehead atoms. The van der Waals surface area contributed by atoms with Crippen molar-refractivity contribution >= 4 is 5.78 Å². The predicted octanol–water partition coefficient (Wildman–Crippen LogP) is 3.63. The second-order valence-corrected chi connectivity index (χ2v) is 4.04. The Labute approximate surface area is 97.6 Å². The highest BCUT2D eigenvalue weighted by Crippen LogP contribution is 2.22. The number of hydrogen-bond acceptors (Lipinski definition) is 2. The monoisotopic (exact) mass is 220 g/mol. The summed E-state index contributed by atoms with van der Waals surface area (Å²) < 4.78 is 5.31. The summed E-state index contributed by atoms with van der Waals surface area (Å²) >= 11 is 0. The summed E-state index contributed by atoms with van der Waals surface area (Å²) in [6, 6.07) is 5.72. The Balaban J connectivity index is 2.80. The zero-order valence-corrected chi connectivity index (χ0v) is 10.4. The summed E-state index contributed by atoms with van der Waals surface area (Å²) in [6.45, 7) is 3.77. The van der Waals surface area contributed by atoms with Gasteiger partial charge < -0.3 is 4.74 Å². The minimum atomic E-state index is 0.0819. The lowest BCUT2D eigenvalue weighted by Crippen LogP contribution is -1.97. The van der Waals surface area contributed by atoms with Crippen LogP contribution >= 0.6 is 0 Å². The molecule has 0 aromatic heterocycles. The van der Waals surface area contributed by atoms with Crippen LogP contribution in [0.1, 0.15) is 49.0 Å². The van der Waals surface area contributed by atoms with E-state index in [0.717, 1.165) is 17.7 Å². The van der Waals surface area contributed by atoms with Gasteiger partial charge in [0.1, 0.15) is 5.75 Å². The lowest BCUT2D eigenvalue weighted by molar-refractivity contribution is 0.101. The van der Waals surface area contributed by atoms with Crippen molar-refractivity contribution in [3.63, 3.8) is 0 Å². The highest BCUT2D eigenvalue weighted by atomic mass is 16.5. The summed E-state index contributed by atoms with van der Waals surface area (Å²) in [6.07, 6.45) is 4.65. The van der Waals surface area contributed by atoms with E-state index >= 15 is 0 Å². The van der Waals surface area contributed by atoms with E-state index in [-0.39, 0.29) is 5.78 Å². The Bertz CT molecular complexity index is 356. The Kier molecular flexibility index (Phi) is 5.03. The molecule has 0 aliphatic carbocycles. The number of ether oxygens (including phenoxy) is 1. The number of unbranched alkanes of at least 4 members (excludes halogenated alkanes) is 2. The van der Waals surface area contributed by atoms with Gasteiger partial charge in [-0.25, -0.2) is 0 Å². The molecule has 0 aliphatic heterocycles. The van der Waals surface area contributed by atoms with Crippen molar-refractivity contribution in [1.29, 1.82) is 0 Å². The van der Waals surface area contributed by atoms with Crippen LogP contribution < -0.4 is 4.74 Å². The average molecular weight is 220 g/mol. The lowest BCUT2D eigenvalue weighted by atomic mass is 10.0. The van der Waals surface area contributed by atoms with Crippen LogP contribution in [0.25, 0.3) is 0 Å². The summed E-state index contributed by atoms with van der Waals surface area (Å²) in [5.41, 5.74) is 1.91. The quantitative estimate of drug-likeness (QED) is 0.540. The second-order valence-electron chi connectivity index (χ2n) is 4.04. The Morgan fingerprint density at radius 1 is 1.31 bits per heavy atom. The fraction of sp³-hybridized carbons (Fsp3) is 0.500. The molecular formula is C14H20O2. The van der Waals surface area contributed by atoms with Crippen molar-refractivity contribution in [2.24, 2.45) is 0 Å². The predicted molar refractivity (Wildman–Crippen MR) is 66.2 cm³/mol. The van der Waals surface area contributed by atoms with Crippen LogP contribution in [0.3, 0.4) is 0 Å². The van der Waals surface area contributed by atoms with Crippen molar-refractivity contribution in [3.05, 3.63) is 29.3 Å². The van der Waals surface area contributed by atoms with Gasteiger partial charge in [0.15, 0.2) is 5.78 Å². The first kappa shape index (κ1) is 12.8. The lowest BCUT2D eigenvalue weighted by Gasteiger charge is -2.09. The van der Waals surface area contributed by atoms with Crippen molar-refractivity contribution in [3.8, 4) is 5.75 Å². The van der Waals surface area contributed by atoms with E-state index in [1.54, 1.807) is 14.0 Å². The summed E-state index contributed by atoms with van der Waals surface area (Å²) in [5.74, 6) is 0.919. The minimum absolute atomic E-state index is 0.0819. The van der Waals surface area contributed by atoms with E-state index < -0.39 is 0 Å². The van der Waals surface area contributed by atoms with E-state index in [1.807, 2.05) is 18.2 Å². The van der Waals surface area contributed by atoms with Crippen molar-refractivity contribution in [2.45, 2.75) is 39.5 Å². The molecule has 88 valence electrons. The molecule has 2 heteroatoms. The molecule has 0 aliphatic rings. The van der Waals surface area contributed by atoms with Gasteiger partial charge in [-0.1, -0.05) is 31.9 Å². The Morgan fingerprint density at radius 2 is 2.06 bits per heavy atom. The molecule has 0 radical (unpaired) electrons. The summed E-state index contributed by atoms with van der Waals surface area (Å²) in [4.78, 5) is 11.2. The van der Waals surface area contributed by atoms with Crippen LogP contribution in [-0.2, 0) is 6.42 Å². The third-order valence-corrected chi connectivity index (χ3v) is 2.74. The molecule has 0 amide bonds. The molecule has 0 spiro atoms. The van der Waals surface area contributed by atoms with Gasteiger partial charge in [-0.15, -0.1) is 0 Å². The molecule has 1 aromatic rings. The third-order valence-electron chi connectivity index (χ3n) is 2.74. The number of carbonyl (C=O) groups excluding carboxylic acids is 1. The summed E-state index contributed by atoms with van der Waals surface area (Å²) in [5, 5.41) is 0. The van der Waals surface area contributed by atoms with Gasteiger partial charge >= 0.3 is 0 Å². The number of benzene rings is 1. The Morgan fingerprint density at radius 3 is 2.62 bits per heavy atom. The first-order valence-corrected chi connectivity index (χ1v) is 5.87. The molecule has 0 unspecified atom stereocenters. The van der Waals surface area contributed by atoms with Gasteiger partial charge in [-0.05, 0) is 31.4 Å². The molecule has 2 nitrogen and oxygen atoms in total. The molecule has 1 aromatic carbocycles. The van der Waals surface area contributed by atoms with Gasteiger partial charge in [0.25, 0.3) is 0 Å². The van der Waals surface area contributed by atoms with Gasteiger partial charge in [-0.3, -0.25) is 4.79 Å². The van der Waals surface area contributed by atoms with E-state index in [4.69, 9.17) is 4.74 Å². The molecule has 16 heavy (non-hydrogen) atoms. The number of Topliss-reactive ketones (excluding diaryl/α,β-unsaturated/α-hetero) is 1. The molecule has 0 N–H and O–H groups in total. The number of rotatable bonds is 6. The van der Waals surface area contributed by atoms with E-state index in [9.17, 15) is 4.79 Å². The van der Waals surface area contributed by atoms with Crippen LogP contribution in [0.15, 0.2) is 18.2 Å². The third kappa shape index (κ3) is 3.37. The normalized spacial score (nSPS) is 10.2. The average Bonchev–Trinajstić information content (AvgIpc) is 2.29. The molecule has 0 saturated carbocycles. The smallest absolute Gasteiger partial charge is 0.159 e. The van der Waals surface area contributed by atoms with Crippen LogP contribution in [0.5, 0.6) is 5.75 Å². The maximum atomic E-state index is 11.2. The van der Waals surface area contributed by atoms with Crippen molar-refractivity contribution in [2.75, 3.05) is 7.11 Å². The number of methoxy groups -OCH3 is 1. The summed E-state index contributed by atoms with van der Waals surface area (Å²) in [7, 11) is 1.66. The van der Waals surface area contributed by atoms with E-state index in [2.05, 4.69) is 6.92 Å². The largest absolute Gasteiger partial charge is 0.496 e. The zero-order valence-electron chi connectivity index (χ0n) is 10.4. The fourth-order valence-corrected chi connectivity index (χ4v) is 1.74. The van der Waals surface area contributed by atoms with Crippen LogP contribution in [0.2, 0.25) is 0 Å². The first-order chi connectivity index (χ1) is 7.69. The molecular weight excluding hydrogens is 200 g/mol. The number of carbonyl (C=O) groups is 1. The number of ketones is 1. The van der Waals surface area contributed by atoms with Crippen LogP contribution in [0, 0.1) is 0 Å². The van der Waals surface area contributed by atoms with Crippen molar-refractivity contribution < 1.29 is 9.53 Å². The number of aryl methyl sites for hydroxylation is 1. The van der Waals surface area contributed by atoms with Gasteiger partial charge in [-0.2, -0.15) is 0 Å². The number of hydrogen-bond donors (Lipinski definition) is 0. The van der Waals surface area contributed by atoms with Gasteiger partial charge in [0, 0.05) is 5.56 Å². The zero-order chi connectivity index (χ0) is 12.0. The standard InChI is InChI=1S/C14H20O2/c1-4-5-6-7-12-8-9-13(11(2)15)10-14(12)16-3/h8-10H,4-7H2,1-3H3. The van der Waals surface area contributed by atoms with Crippen LogP contribution in [0.4, 0.5) is 0 Å². The molecule has 1 rings (SSSR count). The molecule has 0 atom stereocenters. The maximum Gasteiger partial charge on any atom is 0.159 e. The Hall–Kier alpha value is -1.31. The highest BCUT2D eigenvalue weighted by molar-refractivity contribution is 5.94. The minimum Gasteiger partial charge on any atom is -0.496 e.